The van der Waals surface area contributed by atoms with Crippen molar-refractivity contribution in [3.05, 3.63) is 47.0 Å². The maximum absolute atomic E-state index is 8.94. The van der Waals surface area contributed by atoms with Gasteiger partial charge in [0.15, 0.2) is 0 Å². The van der Waals surface area contributed by atoms with Crippen molar-refractivity contribution in [1.29, 1.82) is 0 Å². The maximum atomic E-state index is 8.94. The van der Waals surface area contributed by atoms with Gasteiger partial charge in [0.25, 0.3) is 0 Å². The van der Waals surface area contributed by atoms with Gasteiger partial charge >= 0.3 is 0 Å². The van der Waals surface area contributed by atoms with Gasteiger partial charge in [-0.2, -0.15) is 0 Å². The molecule has 1 aliphatic heterocycles. The molecule has 2 rings (SSSR count). The van der Waals surface area contributed by atoms with Crippen molar-refractivity contribution < 1.29 is 5.11 Å². The number of aliphatic hydroxyl groups is 1. The fourth-order valence-electron chi connectivity index (χ4n) is 1.77. The molecule has 0 aromatic carbocycles. The van der Waals surface area contributed by atoms with Gasteiger partial charge in [0.1, 0.15) is 5.15 Å². The number of halogens is 1. The van der Waals surface area contributed by atoms with Crippen molar-refractivity contribution in [3.8, 4) is 0 Å². The third-order valence-corrected chi connectivity index (χ3v) is 2.69. The minimum atomic E-state index is 0.0973. The molecule has 5 heteroatoms. The van der Waals surface area contributed by atoms with Gasteiger partial charge in [-0.25, -0.2) is 4.98 Å². The monoisotopic (exact) mass is 251 g/mol. The molecule has 3 N–H and O–H groups in total. The van der Waals surface area contributed by atoms with Crippen molar-refractivity contribution in [2.75, 3.05) is 19.7 Å². The molecule has 0 aliphatic carbocycles. The third-order valence-electron chi connectivity index (χ3n) is 2.48. The molecule has 1 aromatic rings. The van der Waals surface area contributed by atoms with Crippen LogP contribution in [0.2, 0.25) is 5.15 Å². The van der Waals surface area contributed by atoms with Gasteiger partial charge in [0.05, 0.1) is 12.3 Å². The van der Waals surface area contributed by atoms with Crippen LogP contribution in [0.25, 0.3) is 5.57 Å². The van der Waals surface area contributed by atoms with Crippen LogP contribution in [0.4, 0.5) is 0 Å². The lowest BCUT2D eigenvalue weighted by Gasteiger charge is -2.25. The van der Waals surface area contributed by atoms with Crippen LogP contribution in [0.3, 0.4) is 0 Å². The Morgan fingerprint density at radius 2 is 2.29 bits per heavy atom. The molecule has 0 bridgehead atoms. The van der Waals surface area contributed by atoms with Gasteiger partial charge in [0, 0.05) is 25.0 Å². The van der Waals surface area contributed by atoms with Gasteiger partial charge < -0.3 is 15.7 Å². The second kappa shape index (κ2) is 5.21. The predicted molar refractivity (Wildman–Crippen MR) is 68.2 cm³/mol. The van der Waals surface area contributed by atoms with E-state index in [2.05, 4.69) is 4.98 Å². The van der Waals surface area contributed by atoms with Crippen molar-refractivity contribution in [2.24, 2.45) is 5.73 Å². The molecule has 90 valence electrons. The second-order valence-electron chi connectivity index (χ2n) is 3.84. The van der Waals surface area contributed by atoms with Crippen LogP contribution < -0.4 is 5.73 Å². The first-order chi connectivity index (χ1) is 8.19. The first-order valence-corrected chi connectivity index (χ1v) is 5.72. The Hall–Kier alpha value is -1.52. The zero-order valence-electron chi connectivity index (χ0n) is 9.31. The lowest BCUT2D eigenvalue weighted by atomic mass is 10.1. The fourth-order valence-corrected chi connectivity index (χ4v) is 1.94. The summed E-state index contributed by atoms with van der Waals surface area (Å²) in [6.07, 6.45) is 3.71. The zero-order chi connectivity index (χ0) is 12.3. The van der Waals surface area contributed by atoms with Gasteiger partial charge in [-0.05, 0) is 23.8 Å². The minimum absolute atomic E-state index is 0.0973. The third kappa shape index (κ3) is 2.99. The number of allylic oxidation sites excluding steroid dienone is 1. The lowest BCUT2D eigenvalue weighted by Crippen LogP contribution is -2.27. The SMILES string of the molecule is NC1=CN(CCO)CC(c2cccc(Cl)n2)=C1. The summed E-state index contributed by atoms with van der Waals surface area (Å²) in [5, 5.41) is 9.40. The average Bonchev–Trinajstić information content (AvgIpc) is 2.28. The van der Waals surface area contributed by atoms with Crippen LogP contribution in [-0.4, -0.2) is 34.7 Å². The standard InChI is InChI=1S/C12H14ClN3O/c13-12-3-1-2-11(15-12)9-6-10(14)8-16(7-9)4-5-17/h1-3,6,8,17H,4-5,7,14H2. The molecule has 1 aliphatic rings. The van der Waals surface area contributed by atoms with Gasteiger partial charge in [-0.1, -0.05) is 17.7 Å². The molecule has 0 unspecified atom stereocenters. The molecule has 0 saturated heterocycles. The Morgan fingerprint density at radius 1 is 1.47 bits per heavy atom. The average molecular weight is 252 g/mol. The molecule has 0 saturated carbocycles. The number of β-amino-alcohol motifs (C(OH)–C–C–N with tert-alkyl or cyclic N) is 1. The molecule has 0 spiro atoms. The Morgan fingerprint density at radius 3 is 3.00 bits per heavy atom. The van der Waals surface area contributed by atoms with E-state index in [0.29, 0.717) is 23.9 Å². The van der Waals surface area contributed by atoms with Crippen LogP contribution >= 0.6 is 11.6 Å². The summed E-state index contributed by atoms with van der Waals surface area (Å²) in [7, 11) is 0. The number of pyridine rings is 1. The van der Waals surface area contributed by atoms with Crippen LogP contribution in [0.5, 0.6) is 0 Å². The minimum Gasteiger partial charge on any atom is -0.398 e. The van der Waals surface area contributed by atoms with E-state index in [1.54, 1.807) is 6.07 Å². The molecule has 0 amide bonds. The molecular weight excluding hydrogens is 238 g/mol. The highest BCUT2D eigenvalue weighted by Crippen LogP contribution is 2.20. The highest BCUT2D eigenvalue weighted by molar-refractivity contribution is 6.29. The van der Waals surface area contributed by atoms with E-state index >= 15 is 0 Å². The number of hydrogen-bond donors (Lipinski definition) is 2. The largest absolute Gasteiger partial charge is 0.398 e. The van der Waals surface area contributed by atoms with E-state index in [9.17, 15) is 0 Å². The van der Waals surface area contributed by atoms with E-state index < -0.39 is 0 Å². The van der Waals surface area contributed by atoms with Crippen LogP contribution in [0, 0.1) is 0 Å². The molecule has 17 heavy (non-hydrogen) atoms. The van der Waals surface area contributed by atoms with Crippen molar-refractivity contribution >= 4 is 17.2 Å². The Labute approximate surface area is 105 Å². The van der Waals surface area contributed by atoms with Crippen LogP contribution in [-0.2, 0) is 0 Å². The smallest absolute Gasteiger partial charge is 0.129 e. The zero-order valence-corrected chi connectivity index (χ0v) is 10.1. The first kappa shape index (κ1) is 12.0. The quantitative estimate of drug-likeness (QED) is 0.794. The number of aliphatic hydroxyl groups excluding tert-OH is 1. The predicted octanol–water partition coefficient (Wildman–Crippen LogP) is 1.23. The molecule has 2 heterocycles. The highest BCUT2D eigenvalue weighted by atomic mass is 35.5. The second-order valence-corrected chi connectivity index (χ2v) is 4.23. The van der Waals surface area contributed by atoms with Crippen molar-refractivity contribution in [2.45, 2.75) is 0 Å². The molecule has 0 radical (unpaired) electrons. The summed E-state index contributed by atoms with van der Waals surface area (Å²) in [5.74, 6) is 0. The van der Waals surface area contributed by atoms with E-state index in [1.165, 1.54) is 0 Å². The van der Waals surface area contributed by atoms with Crippen molar-refractivity contribution in [1.82, 2.24) is 9.88 Å². The number of rotatable bonds is 3. The summed E-state index contributed by atoms with van der Waals surface area (Å²) in [5.41, 5.74) is 8.29. The Bertz CT molecular complexity index is 471. The van der Waals surface area contributed by atoms with Gasteiger partial charge in [-0.3, -0.25) is 0 Å². The first-order valence-electron chi connectivity index (χ1n) is 5.35. The molecule has 1 aromatic heterocycles. The van der Waals surface area contributed by atoms with Crippen LogP contribution in [0.15, 0.2) is 36.2 Å². The Kier molecular flexibility index (Phi) is 3.66. The van der Waals surface area contributed by atoms with Crippen LogP contribution in [0.1, 0.15) is 5.69 Å². The molecule has 4 nitrogen and oxygen atoms in total. The molecular formula is C12H14ClN3O. The summed E-state index contributed by atoms with van der Waals surface area (Å²) >= 11 is 5.86. The summed E-state index contributed by atoms with van der Waals surface area (Å²) in [6.45, 7) is 1.33. The number of nitrogens with zero attached hydrogens (tertiary/aromatic N) is 2. The van der Waals surface area contributed by atoms with Crippen molar-refractivity contribution in [3.63, 3.8) is 0 Å². The number of aromatic nitrogens is 1. The molecule has 0 fully saturated rings. The molecule has 0 atom stereocenters. The maximum Gasteiger partial charge on any atom is 0.129 e. The van der Waals surface area contributed by atoms with E-state index in [4.69, 9.17) is 22.4 Å². The highest BCUT2D eigenvalue weighted by Gasteiger charge is 2.13. The summed E-state index contributed by atoms with van der Waals surface area (Å²) < 4.78 is 0. The summed E-state index contributed by atoms with van der Waals surface area (Å²) in [6, 6.07) is 5.49. The topological polar surface area (TPSA) is 62.4 Å². The normalized spacial score (nSPS) is 15.5. The van der Waals surface area contributed by atoms with E-state index in [-0.39, 0.29) is 6.61 Å². The van der Waals surface area contributed by atoms with Gasteiger partial charge in [0.2, 0.25) is 0 Å². The van der Waals surface area contributed by atoms with Gasteiger partial charge in [-0.15, -0.1) is 0 Å². The van der Waals surface area contributed by atoms with E-state index in [1.807, 2.05) is 29.3 Å². The number of nitrogens with two attached hydrogens (primary N) is 1. The fraction of sp³-hybridized carbons (Fsp3) is 0.250. The lowest BCUT2D eigenvalue weighted by molar-refractivity contribution is 0.245. The van der Waals surface area contributed by atoms with E-state index in [0.717, 1.165) is 11.3 Å². The number of hydrogen-bond acceptors (Lipinski definition) is 4. The summed E-state index contributed by atoms with van der Waals surface area (Å²) in [4.78, 5) is 6.20. The Balaban J connectivity index is 2.24.